The zero-order valence-corrected chi connectivity index (χ0v) is 10.2. The van der Waals surface area contributed by atoms with Crippen molar-refractivity contribution in [3.05, 3.63) is 65.6 Å². The molecule has 17 heavy (non-hydrogen) atoms. The lowest BCUT2D eigenvalue weighted by Gasteiger charge is -2.08. The van der Waals surface area contributed by atoms with E-state index in [1.165, 1.54) is 47.1 Å². The smallest absolute Gasteiger partial charge is 0.0212 e. The van der Waals surface area contributed by atoms with Gasteiger partial charge in [0.1, 0.15) is 0 Å². The van der Waals surface area contributed by atoms with Crippen LogP contribution >= 0.6 is 0 Å². The van der Waals surface area contributed by atoms with Gasteiger partial charge in [0, 0.05) is 6.42 Å². The summed E-state index contributed by atoms with van der Waals surface area (Å²) in [7, 11) is 0. The molecule has 0 saturated heterocycles. The third-order valence-corrected chi connectivity index (χ3v) is 3.52. The summed E-state index contributed by atoms with van der Waals surface area (Å²) in [6.07, 6.45) is 6.04. The van der Waals surface area contributed by atoms with Gasteiger partial charge in [-0.1, -0.05) is 55.8 Å². The van der Waals surface area contributed by atoms with E-state index in [0.717, 1.165) is 0 Å². The number of fused-ring (bicyclic) bond motifs is 3. The molecule has 0 amide bonds. The lowest BCUT2D eigenvalue weighted by molar-refractivity contribution is 0.796. The lowest BCUT2D eigenvalue weighted by atomic mass is 9.96. The van der Waals surface area contributed by atoms with E-state index < -0.39 is 0 Å². The molecule has 0 heteroatoms. The molecule has 0 aliphatic heterocycles. The minimum Gasteiger partial charge on any atom is -0.0654 e. The number of rotatable bonds is 3. The number of hydrogen-bond donors (Lipinski definition) is 0. The maximum atomic E-state index is 2.31. The van der Waals surface area contributed by atoms with Crippen LogP contribution in [0.25, 0.3) is 11.1 Å². The second-order valence-corrected chi connectivity index (χ2v) is 4.72. The first kappa shape index (κ1) is 10.6. The molecule has 2 aromatic rings. The van der Waals surface area contributed by atoms with E-state index in [1.54, 1.807) is 0 Å². The van der Waals surface area contributed by atoms with E-state index >= 15 is 0 Å². The Hall–Kier alpha value is -1.56. The molecule has 0 unspecified atom stereocenters. The van der Waals surface area contributed by atoms with Crippen molar-refractivity contribution in [2.24, 2.45) is 0 Å². The Labute approximate surface area is 103 Å². The van der Waals surface area contributed by atoms with E-state index in [-0.39, 0.29) is 0 Å². The van der Waals surface area contributed by atoms with Crippen molar-refractivity contribution in [2.45, 2.75) is 26.2 Å². The van der Waals surface area contributed by atoms with E-state index in [0.29, 0.717) is 0 Å². The van der Waals surface area contributed by atoms with E-state index in [9.17, 15) is 0 Å². The average Bonchev–Trinajstić information content (AvgIpc) is 2.75. The molecule has 0 aromatic heterocycles. The predicted octanol–water partition coefficient (Wildman–Crippen LogP) is 4.61. The van der Waals surface area contributed by atoms with Gasteiger partial charge in [-0.15, -0.1) is 0 Å². The van der Waals surface area contributed by atoms with Crippen LogP contribution in [-0.4, -0.2) is 0 Å². The summed E-state index contributed by atoms with van der Waals surface area (Å²) in [6, 6.07) is 15.4. The normalized spacial score (nSPS) is 12.3. The van der Waals surface area contributed by atoms with Gasteiger partial charge in [-0.25, -0.2) is 0 Å². The zero-order chi connectivity index (χ0) is 11.7. The monoisotopic (exact) mass is 221 g/mol. The minimum absolute atomic E-state index is 1.20. The molecule has 1 aliphatic carbocycles. The molecule has 0 saturated carbocycles. The second-order valence-electron chi connectivity index (χ2n) is 4.72. The molecule has 0 atom stereocenters. The molecular weight excluding hydrogens is 204 g/mol. The van der Waals surface area contributed by atoms with Crippen LogP contribution in [0, 0.1) is 6.42 Å². The molecule has 3 rings (SSSR count). The third-order valence-electron chi connectivity index (χ3n) is 3.52. The largest absolute Gasteiger partial charge is 0.0654 e. The van der Waals surface area contributed by atoms with Crippen LogP contribution in [-0.2, 0) is 6.42 Å². The number of hydrogen-bond acceptors (Lipinski definition) is 0. The summed E-state index contributed by atoms with van der Waals surface area (Å²) < 4.78 is 0. The molecule has 0 fully saturated rings. The summed E-state index contributed by atoms with van der Waals surface area (Å²) in [5.41, 5.74) is 7.14. The molecule has 0 heterocycles. The van der Waals surface area contributed by atoms with Gasteiger partial charge in [-0.3, -0.25) is 0 Å². The van der Waals surface area contributed by atoms with Crippen LogP contribution in [0.3, 0.4) is 0 Å². The molecular formula is C17H17. The topological polar surface area (TPSA) is 0 Å². The standard InChI is InChI=1S/C17H17/c1-2-3-7-13-9-6-10-15-12-14-8-4-5-11-16(14)17(13)15/h4-6,8-12H,2-3,7H2,1H3. The maximum Gasteiger partial charge on any atom is 0.0212 e. The Bertz CT molecular complexity index is 537. The van der Waals surface area contributed by atoms with E-state index in [2.05, 4.69) is 55.8 Å². The zero-order valence-electron chi connectivity index (χ0n) is 10.2. The minimum atomic E-state index is 1.20. The first-order valence-electron chi connectivity index (χ1n) is 6.46. The first-order chi connectivity index (χ1) is 8.40. The van der Waals surface area contributed by atoms with Crippen molar-refractivity contribution >= 4 is 0 Å². The average molecular weight is 221 g/mol. The van der Waals surface area contributed by atoms with Gasteiger partial charge in [0.05, 0.1) is 0 Å². The molecule has 1 radical (unpaired) electrons. The van der Waals surface area contributed by atoms with Crippen LogP contribution in [0.15, 0.2) is 42.5 Å². The fourth-order valence-corrected chi connectivity index (χ4v) is 2.66. The Morgan fingerprint density at radius 1 is 0.882 bits per heavy atom. The van der Waals surface area contributed by atoms with Crippen molar-refractivity contribution in [3.8, 4) is 11.1 Å². The molecule has 1 aliphatic rings. The highest BCUT2D eigenvalue weighted by Crippen LogP contribution is 2.40. The Morgan fingerprint density at radius 2 is 1.71 bits per heavy atom. The Kier molecular flexibility index (Phi) is 2.72. The quantitative estimate of drug-likeness (QED) is 0.606. The Morgan fingerprint density at radius 3 is 2.59 bits per heavy atom. The van der Waals surface area contributed by atoms with Crippen LogP contribution in [0.2, 0.25) is 0 Å². The fourth-order valence-electron chi connectivity index (χ4n) is 2.66. The van der Waals surface area contributed by atoms with Gasteiger partial charge >= 0.3 is 0 Å². The van der Waals surface area contributed by atoms with Gasteiger partial charge in [0.15, 0.2) is 0 Å². The maximum absolute atomic E-state index is 2.31. The van der Waals surface area contributed by atoms with Crippen molar-refractivity contribution in [1.82, 2.24) is 0 Å². The fraction of sp³-hybridized carbons (Fsp3) is 0.235. The highest BCUT2D eigenvalue weighted by atomic mass is 14.2. The molecule has 0 spiro atoms. The van der Waals surface area contributed by atoms with Crippen LogP contribution in [0.4, 0.5) is 0 Å². The number of benzene rings is 2. The molecule has 0 bridgehead atoms. The third kappa shape index (κ3) is 1.78. The van der Waals surface area contributed by atoms with Gasteiger partial charge in [-0.05, 0) is 40.7 Å². The SMILES string of the molecule is CCCCc1cccc2c1-c1ccccc1[CH]2. The highest BCUT2D eigenvalue weighted by Gasteiger charge is 2.20. The summed E-state index contributed by atoms with van der Waals surface area (Å²) >= 11 is 0. The van der Waals surface area contributed by atoms with E-state index in [4.69, 9.17) is 0 Å². The Balaban J connectivity index is 2.09. The molecule has 85 valence electrons. The molecule has 2 aromatic carbocycles. The van der Waals surface area contributed by atoms with E-state index in [1.807, 2.05) is 0 Å². The summed E-state index contributed by atoms with van der Waals surface area (Å²) in [5.74, 6) is 0. The van der Waals surface area contributed by atoms with Crippen molar-refractivity contribution in [3.63, 3.8) is 0 Å². The van der Waals surface area contributed by atoms with Crippen molar-refractivity contribution in [2.75, 3.05) is 0 Å². The molecule has 0 N–H and O–H groups in total. The van der Waals surface area contributed by atoms with Gasteiger partial charge in [-0.2, -0.15) is 0 Å². The van der Waals surface area contributed by atoms with Crippen LogP contribution < -0.4 is 0 Å². The summed E-state index contributed by atoms with van der Waals surface area (Å²) in [6.45, 7) is 2.25. The van der Waals surface area contributed by atoms with Gasteiger partial charge in [0.25, 0.3) is 0 Å². The van der Waals surface area contributed by atoms with Gasteiger partial charge < -0.3 is 0 Å². The summed E-state index contributed by atoms with van der Waals surface area (Å²) in [5, 5.41) is 0. The number of aryl methyl sites for hydroxylation is 1. The van der Waals surface area contributed by atoms with Gasteiger partial charge in [0.2, 0.25) is 0 Å². The highest BCUT2D eigenvalue weighted by molar-refractivity contribution is 5.83. The van der Waals surface area contributed by atoms with Crippen molar-refractivity contribution in [1.29, 1.82) is 0 Å². The molecule has 0 nitrogen and oxygen atoms in total. The van der Waals surface area contributed by atoms with Crippen LogP contribution in [0.1, 0.15) is 36.5 Å². The van der Waals surface area contributed by atoms with Crippen molar-refractivity contribution < 1.29 is 0 Å². The predicted molar refractivity (Wildman–Crippen MR) is 73.0 cm³/mol. The number of unbranched alkanes of at least 4 members (excludes halogenated alkanes) is 1. The van der Waals surface area contributed by atoms with Crippen LogP contribution in [0.5, 0.6) is 0 Å². The summed E-state index contributed by atoms with van der Waals surface area (Å²) in [4.78, 5) is 0. The first-order valence-corrected chi connectivity index (χ1v) is 6.46. The lowest BCUT2D eigenvalue weighted by Crippen LogP contribution is -1.90. The second kappa shape index (κ2) is 4.37.